The summed E-state index contributed by atoms with van der Waals surface area (Å²) in [5.74, 6) is 2.62. The molecule has 0 aliphatic heterocycles. The van der Waals surface area contributed by atoms with Crippen LogP contribution in [0.5, 0.6) is 11.5 Å². The van der Waals surface area contributed by atoms with Crippen LogP contribution in [0.1, 0.15) is 16.7 Å². The highest BCUT2D eigenvalue weighted by atomic mass is 32.2. The molecular formula is C26H24N4O3S. The molecule has 0 N–H and O–H groups in total. The zero-order chi connectivity index (χ0) is 23.8. The van der Waals surface area contributed by atoms with E-state index < -0.39 is 0 Å². The molecule has 0 atom stereocenters. The molecule has 3 aromatic carbocycles. The molecule has 5 aromatic rings. The molecule has 2 heterocycles. The fourth-order valence-electron chi connectivity index (χ4n) is 4.09. The Labute approximate surface area is 201 Å². The molecule has 0 spiro atoms. The maximum Gasteiger partial charge on any atom is 0.267 e. The van der Waals surface area contributed by atoms with Crippen molar-refractivity contribution >= 4 is 28.4 Å². The molecule has 0 fully saturated rings. The van der Waals surface area contributed by atoms with Gasteiger partial charge in [0.05, 0.1) is 30.8 Å². The van der Waals surface area contributed by atoms with Gasteiger partial charge in [-0.3, -0.25) is 9.20 Å². The molecule has 0 saturated heterocycles. The van der Waals surface area contributed by atoms with Crippen LogP contribution >= 0.6 is 11.8 Å². The van der Waals surface area contributed by atoms with Crippen molar-refractivity contribution in [1.29, 1.82) is 0 Å². The summed E-state index contributed by atoms with van der Waals surface area (Å²) >= 11 is 1.53. The third kappa shape index (κ3) is 3.70. The Balaban J connectivity index is 1.70. The van der Waals surface area contributed by atoms with Crippen molar-refractivity contribution in [2.24, 2.45) is 0 Å². The Morgan fingerprint density at radius 1 is 0.941 bits per heavy atom. The van der Waals surface area contributed by atoms with Gasteiger partial charge in [0.25, 0.3) is 5.56 Å². The Kier molecular flexibility index (Phi) is 5.75. The summed E-state index contributed by atoms with van der Waals surface area (Å²) in [4.78, 5) is 13.6. The first-order chi connectivity index (χ1) is 16.5. The van der Waals surface area contributed by atoms with E-state index in [9.17, 15) is 4.79 Å². The average Bonchev–Trinajstić information content (AvgIpc) is 3.28. The van der Waals surface area contributed by atoms with Gasteiger partial charge in [0.1, 0.15) is 11.5 Å². The normalized spacial score (nSPS) is 11.3. The molecular weight excluding hydrogens is 448 g/mol. The summed E-state index contributed by atoms with van der Waals surface area (Å²) in [6.45, 7) is 4.01. The number of thioether (sulfide) groups is 1. The van der Waals surface area contributed by atoms with Gasteiger partial charge in [0, 0.05) is 11.3 Å². The summed E-state index contributed by atoms with van der Waals surface area (Å²) in [6.07, 6.45) is 0. The molecule has 8 heteroatoms. The monoisotopic (exact) mass is 472 g/mol. The smallest absolute Gasteiger partial charge is 0.267 e. The van der Waals surface area contributed by atoms with Gasteiger partial charge in [-0.1, -0.05) is 36.0 Å². The topological polar surface area (TPSA) is 70.7 Å². The predicted octanol–water partition coefficient (Wildman–Crippen LogP) is 4.96. The van der Waals surface area contributed by atoms with Crippen LogP contribution in [0.15, 0.2) is 70.6 Å². The summed E-state index contributed by atoms with van der Waals surface area (Å²) in [5.41, 5.74) is 4.50. The lowest BCUT2D eigenvalue weighted by atomic mass is 10.1. The third-order valence-electron chi connectivity index (χ3n) is 5.84. The molecule has 7 nitrogen and oxygen atoms in total. The van der Waals surface area contributed by atoms with E-state index in [4.69, 9.17) is 9.47 Å². The van der Waals surface area contributed by atoms with E-state index in [1.807, 2.05) is 78.9 Å². The number of aromatic nitrogens is 4. The van der Waals surface area contributed by atoms with Crippen LogP contribution < -0.4 is 15.0 Å². The lowest BCUT2D eigenvalue weighted by Crippen LogP contribution is -2.22. The minimum atomic E-state index is -0.116. The van der Waals surface area contributed by atoms with E-state index in [0.29, 0.717) is 22.1 Å². The zero-order valence-corrected chi connectivity index (χ0v) is 20.2. The second kappa shape index (κ2) is 8.87. The summed E-state index contributed by atoms with van der Waals surface area (Å²) in [7, 11) is 3.29. The Bertz CT molecular complexity index is 1590. The van der Waals surface area contributed by atoms with Gasteiger partial charge in [-0.05, 0) is 61.4 Å². The fraction of sp³-hybridized carbons (Fsp3) is 0.192. The summed E-state index contributed by atoms with van der Waals surface area (Å²) < 4.78 is 14.5. The van der Waals surface area contributed by atoms with Crippen LogP contribution in [0.4, 0.5) is 0 Å². The average molecular weight is 473 g/mol. The Morgan fingerprint density at radius 3 is 2.56 bits per heavy atom. The van der Waals surface area contributed by atoms with Crippen molar-refractivity contribution in [1.82, 2.24) is 19.2 Å². The van der Waals surface area contributed by atoms with E-state index >= 15 is 0 Å². The molecule has 34 heavy (non-hydrogen) atoms. The highest BCUT2D eigenvalue weighted by Gasteiger charge is 2.19. The number of fused-ring (bicyclic) bond motifs is 3. The molecule has 0 saturated carbocycles. The lowest BCUT2D eigenvalue weighted by molar-refractivity contribution is 0.400. The van der Waals surface area contributed by atoms with Crippen molar-refractivity contribution in [3.8, 4) is 17.2 Å². The maximum absolute atomic E-state index is 13.6. The number of benzene rings is 3. The van der Waals surface area contributed by atoms with Gasteiger partial charge in [-0.15, -0.1) is 10.2 Å². The number of ether oxygens (including phenoxy) is 2. The molecule has 0 aliphatic rings. The van der Waals surface area contributed by atoms with Crippen molar-refractivity contribution in [3.05, 3.63) is 87.7 Å². The van der Waals surface area contributed by atoms with Crippen LogP contribution in [0.2, 0.25) is 0 Å². The molecule has 0 unspecified atom stereocenters. The molecule has 172 valence electrons. The van der Waals surface area contributed by atoms with Crippen LogP contribution in [-0.4, -0.2) is 33.4 Å². The number of aryl methyl sites for hydroxylation is 2. The largest absolute Gasteiger partial charge is 0.497 e. The van der Waals surface area contributed by atoms with Gasteiger partial charge in [-0.2, -0.15) is 0 Å². The first-order valence-electron chi connectivity index (χ1n) is 10.8. The van der Waals surface area contributed by atoms with Crippen LogP contribution in [0, 0.1) is 13.8 Å². The summed E-state index contributed by atoms with van der Waals surface area (Å²) in [5, 5.41) is 10.2. The molecule has 0 amide bonds. The predicted molar refractivity (Wildman–Crippen MR) is 135 cm³/mol. The third-order valence-corrected chi connectivity index (χ3v) is 6.82. The second-order valence-corrected chi connectivity index (χ2v) is 8.97. The maximum atomic E-state index is 13.6. The van der Waals surface area contributed by atoms with E-state index in [0.717, 1.165) is 39.4 Å². The number of rotatable bonds is 6. The molecule has 5 rings (SSSR count). The van der Waals surface area contributed by atoms with Gasteiger partial charge in [-0.25, -0.2) is 4.57 Å². The van der Waals surface area contributed by atoms with Crippen molar-refractivity contribution in [3.63, 3.8) is 0 Å². The van der Waals surface area contributed by atoms with Crippen LogP contribution in [-0.2, 0) is 5.75 Å². The van der Waals surface area contributed by atoms with Crippen molar-refractivity contribution < 1.29 is 9.47 Å². The van der Waals surface area contributed by atoms with Gasteiger partial charge in [0.2, 0.25) is 5.78 Å². The SMILES string of the molecule is COc1ccc(OC)c(CSc2nnc3n(-c4cc(C)ccc4C)c(=O)c4ccccc4n23)c1. The molecule has 0 aliphatic carbocycles. The van der Waals surface area contributed by atoms with Gasteiger partial charge < -0.3 is 9.47 Å². The van der Waals surface area contributed by atoms with E-state index in [1.165, 1.54) is 11.8 Å². The molecule has 0 bridgehead atoms. The number of hydrogen-bond acceptors (Lipinski definition) is 6. The molecule has 0 radical (unpaired) electrons. The minimum absolute atomic E-state index is 0.116. The second-order valence-electron chi connectivity index (χ2n) is 8.03. The van der Waals surface area contributed by atoms with Crippen molar-refractivity contribution in [2.75, 3.05) is 14.2 Å². The minimum Gasteiger partial charge on any atom is -0.497 e. The number of nitrogens with zero attached hydrogens (tertiary/aromatic N) is 4. The first kappa shape index (κ1) is 22.0. The zero-order valence-electron chi connectivity index (χ0n) is 19.4. The molecule has 2 aromatic heterocycles. The van der Waals surface area contributed by atoms with E-state index in [-0.39, 0.29) is 5.56 Å². The highest BCUT2D eigenvalue weighted by molar-refractivity contribution is 7.98. The first-order valence-corrected chi connectivity index (χ1v) is 11.8. The highest BCUT2D eigenvalue weighted by Crippen LogP contribution is 2.31. The number of hydrogen-bond donors (Lipinski definition) is 0. The Hall–Kier alpha value is -3.78. The van der Waals surface area contributed by atoms with Gasteiger partial charge >= 0.3 is 0 Å². The van der Waals surface area contributed by atoms with E-state index in [2.05, 4.69) is 10.2 Å². The number of para-hydroxylation sites is 1. The lowest BCUT2D eigenvalue weighted by Gasteiger charge is -2.14. The quantitative estimate of drug-likeness (QED) is 0.325. The van der Waals surface area contributed by atoms with Crippen molar-refractivity contribution in [2.45, 2.75) is 24.8 Å². The van der Waals surface area contributed by atoms with Crippen LogP contribution in [0.25, 0.3) is 22.4 Å². The van der Waals surface area contributed by atoms with E-state index in [1.54, 1.807) is 18.8 Å². The number of methoxy groups -OCH3 is 2. The van der Waals surface area contributed by atoms with Crippen LogP contribution in [0.3, 0.4) is 0 Å². The Morgan fingerprint density at radius 2 is 1.76 bits per heavy atom. The summed E-state index contributed by atoms with van der Waals surface area (Å²) in [6, 6.07) is 19.4. The standard InChI is InChI=1S/C26H24N4O3S/c1-16-9-10-17(2)22(13-16)29-24(31)20-7-5-6-8-21(20)30-25(29)27-28-26(30)34-15-18-14-19(32-3)11-12-23(18)33-4/h5-14H,15H2,1-4H3. The van der Waals surface area contributed by atoms with Gasteiger partial charge in [0.15, 0.2) is 5.16 Å². The fourth-order valence-corrected chi connectivity index (χ4v) is 5.00.